The van der Waals surface area contributed by atoms with Gasteiger partial charge in [0.25, 0.3) is 0 Å². The number of unbranched alkanes of at least 4 members (excludes halogenated alkanes) is 2. The Balaban J connectivity index is 1.11. The molecule has 4 aromatic carbocycles. The minimum absolute atomic E-state index is 0.263. The van der Waals surface area contributed by atoms with Gasteiger partial charge in [0.1, 0.15) is 7.05 Å². The lowest BCUT2D eigenvalue weighted by Crippen LogP contribution is -2.26. The Morgan fingerprint density at radius 3 is 2.21 bits per heavy atom. The van der Waals surface area contributed by atoms with Crippen molar-refractivity contribution < 1.29 is 18.8 Å². The molecule has 5 rings (SSSR count). The van der Waals surface area contributed by atoms with Gasteiger partial charge in [-0.2, -0.15) is 0 Å². The van der Waals surface area contributed by atoms with Crippen molar-refractivity contribution in [1.29, 1.82) is 0 Å². The molecule has 0 unspecified atom stereocenters. The minimum atomic E-state index is -0.263. The van der Waals surface area contributed by atoms with Gasteiger partial charge >= 0.3 is 5.97 Å². The number of nitrogens with zero attached hydrogens (tertiary/aromatic N) is 1. The Bertz CT molecular complexity index is 1380. The molecule has 0 amide bonds. The third-order valence-electron chi connectivity index (χ3n) is 6.26. The molecule has 0 N–H and O–H groups in total. The van der Waals surface area contributed by atoms with E-state index in [2.05, 4.69) is 54.6 Å². The summed E-state index contributed by atoms with van der Waals surface area (Å²) in [7, 11) is 1.92. The van der Waals surface area contributed by atoms with Crippen LogP contribution in [0, 0.1) is 0 Å². The molecule has 0 aliphatic rings. The first kappa shape index (κ1) is 21.4. The van der Waals surface area contributed by atoms with Gasteiger partial charge in [0.05, 0.1) is 18.8 Å². The highest BCUT2D eigenvalue weighted by Crippen LogP contribution is 2.36. The van der Waals surface area contributed by atoms with Crippen LogP contribution in [-0.4, -0.2) is 19.2 Å². The molecule has 5 aromatic rings. The van der Waals surface area contributed by atoms with Crippen molar-refractivity contribution in [3.05, 3.63) is 90.3 Å². The van der Waals surface area contributed by atoms with Crippen molar-refractivity contribution in [2.75, 3.05) is 13.2 Å². The summed E-state index contributed by atoms with van der Waals surface area (Å²) >= 11 is 0. The van der Waals surface area contributed by atoms with Gasteiger partial charge in [-0.1, -0.05) is 54.6 Å². The van der Waals surface area contributed by atoms with E-state index in [0.717, 1.165) is 19.3 Å². The second kappa shape index (κ2) is 9.55. The molecule has 0 saturated carbocycles. The molecule has 33 heavy (non-hydrogen) atoms. The lowest BCUT2D eigenvalue weighted by atomic mass is 9.92. The van der Waals surface area contributed by atoms with Crippen molar-refractivity contribution in [3.63, 3.8) is 0 Å². The standard InChI is InChI=1S/C29H28NO3/c1-30-16-14-24(15-17-30)29(31)33-19-4-2-3-18-32-20-25-11-10-23-9-8-21-6-5-7-22-12-13-26(25)28(23)27(21)22/h5-17H,2-4,18-20H2,1H3/q+1. The number of esters is 1. The summed E-state index contributed by atoms with van der Waals surface area (Å²) in [5.74, 6) is -0.263. The third-order valence-corrected chi connectivity index (χ3v) is 6.26. The highest BCUT2D eigenvalue weighted by Gasteiger charge is 2.11. The maximum Gasteiger partial charge on any atom is 0.338 e. The van der Waals surface area contributed by atoms with E-state index < -0.39 is 0 Å². The molecule has 0 aliphatic heterocycles. The molecule has 4 nitrogen and oxygen atoms in total. The van der Waals surface area contributed by atoms with Crippen LogP contribution in [0.2, 0.25) is 0 Å². The molecule has 1 heterocycles. The van der Waals surface area contributed by atoms with Crippen molar-refractivity contribution in [2.45, 2.75) is 25.9 Å². The summed E-state index contributed by atoms with van der Waals surface area (Å²) in [5, 5.41) is 7.79. The van der Waals surface area contributed by atoms with E-state index in [1.54, 1.807) is 12.1 Å². The quantitative estimate of drug-likeness (QED) is 0.123. The Labute approximate surface area is 193 Å². The van der Waals surface area contributed by atoms with E-state index in [-0.39, 0.29) is 5.97 Å². The first-order valence-electron chi connectivity index (χ1n) is 11.6. The Hall–Kier alpha value is -3.50. The van der Waals surface area contributed by atoms with Gasteiger partial charge < -0.3 is 9.47 Å². The summed E-state index contributed by atoms with van der Waals surface area (Å²) in [4.78, 5) is 12.0. The number of ether oxygens (including phenoxy) is 2. The van der Waals surface area contributed by atoms with Crippen LogP contribution in [0.1, 0.15) is 35.2 Å². The Morgan fingerprint density at radius 2 is 1.42 bits per heavy atom. The summed E-state index contributed by atoms with van der Waals surface area (Å²) in [6.07, 6.45) is 6.44. The molecule has 0 aliphatic carbocycles. The van der Waals surface area contributed by atoms with E-state index in [1.807, 2.05) is 24.0 Å². The second-order valence-corrected chi connectivity index (χ2v) is 8.58. The minimum Gasteiger partial charge on any atom is -0.462 e. The van der Waals surface area contributed by atoms with Crippen LogP contribution in [0.4, 0.5) is 0 Å². The Kier molecular flexibility index (Phi) is 6.18. The summed E-state index contributed by atoms with van der Waals surface area (Å²) in [6.45, 7) is 1.74. The highest BCUT2D eigenvalue weighted by molar-refractivity contribution is 6.23. The van der Waals surface area contributed by atoms with Crippen molar-refractivity contribution in [3.8, 4) is 0 Å². The third kappa shape index (κ3) is 4.53. The SMILES string of the molecule is C[n+]1ccc(C(=O)OCCCCCOCc2ccc3ccc4cccc5ccc2c3c45)cc1. The van der Waals surface area contributed by atoms with Gasteiger partial charge in [-0.3, -0.25) is 0 Å². The van der Waals surface area contributed by atoms with Crippen LogP contribution in [0.3, 0.4) is 0 Å². The summed E-state index contributed by atoms with van der Waals surface area (Å²) < 4.78 is 13.3. The molecule has 0 atom stereocenters. The van der Waals surface area contributed by atoms with E-state index in [0.29, 0.717) is 25.4 Å². The molecule has 4 heteroatoms. The number of benzene rings is 4. The monoisotopic (exact) mass is 438 g/mol. The Morgan fingerprint density at radius 1 is 0.758 bits per heavy atom. The molecule has 0 radical (unpaired) electrons. The van der Waals surface area contributed by atoms with Crippen LogP contribution < -0.4 is 4.57 Å². The lowest BCUT2D eigenvalue weighted by molar-refractivity contribution is -0.671. The van der Waals surface area contributed by atoms with Crippen LogP contribution in [0.25, 0.3) is 32.3 Å². The fourth-order valence-electron chi connectivity index (χ4n) is 4.47. The number of aromatic nitrogens is 1. The maximum atomic E-state index is 12.0. The first-order chi connectivity index (χ1) is 16.2. The van der Waals surface area contributed by atoms with Crippen LogP contribution >= 0.6 is 0 Å². The zero-order chi connectivity index (χ0) is 22.6. The maximum absolute atomic E-state index is 12.0. The van der Waals surface area contributed by atoms with Gasteiger partial charge in [0, 0.05) is 18.7 Å². The van der Waals surface area contributed by atoms with E-state index >= 15 is 0 Å². The smallest absolute Gasteiger partial charge is 0.338 e. The van der Waals surface area contributed by atoms with Crippen molar-refractivity contribution in [1.82, 2.24) is 0 Å². The number of aryl methyl sites for hydroxylation is 1. The van der Waals surface area contributed by atoms with Gasteiger partial charge in [-0.25, -0.2) is 9.36 Å². The topological polar surface area (TPSA) is 39.4 Å². The molecular weight excluding hydrogens is 410 g/mol. The lowest BCUT2D eigenvalue weighted by Gasteiger charge is -2.14. The zero-order valence-corrected chi connectivity index (χ0v) is 18.9. The van der Waals surface area contributed by atoms with Crippen molar-refractivity contribution >= 4 is 38.3 Å². The molecule has 1 aromatic heterocycles. The molecule has 0 saturated heterocycles. The largest absolute Gasteiger partial charge is 0.462 e. The molecule has 0 fully saturated rings. The fourth-order valence-corrected chi connectivity index (χ4v) is 4.47. The first-order valence-corrected chi connectivity index (χ1v) is 11.6. The number of pyridine rings is 1. The predicted octanol–water partition coefficient (Wildman–Crippen LogP) is 5.95. The normalized spacial score (nSPS) is 11.5. The number of hydrogen-bond acceptors (Lipinski definition) is 3. The molecule has 0 bridgehead atoms. The number of carbonyl (C=O) groups is 1. The fraction of sp³-hybridized carbons (Fsp3) is 0.241. The number of carbonyl (C=O) groups excluding carboxylic acids is 1. The average molecular weight is 439 g/mol. The van der Waals surface area contributed by atoms with Crippen LogP contribution in [0.15, 0.2) is 79.1 Å². The van der Waals surface area contributed by atoms with E-state index in [9.17, 15) is 4.79 Å². The number of hydrogen-bond donors (Lipinski definition) is 0. The van der Waals surface area contributed by atoms with Crippen molar-refractivity contribution in [2.24, 2.45) is 7.05 Å². The molecule has 0 spiro atoms. The molecule has 166 valence electrons. The van der Waals surface area contributed by atoms with Gasteiger partial charge in [0.2, 0.25) is 0 Å². The second-order valence-electron chi connectivity index (χ2n) is 8.58. The highest BCUT2D eigenvalue weighted by atomic mass is 16.5. The van der Waals surface area contributed by atoms with Gasteiger partial charge in [0.15, 0.2) is 12.4 Å². The van der Waals surface area contributed by atoms with Crippen LogP contribution in [-0.2, 0) is 23.1 Å². The van der Waals surface area contributed by atoms with Gasteiger partial charge in [-0.05, 0) is 57.1 Å². The summed E-state index contributed by atoms with van der Waals surface area (Å²) in [6, 6.07) is 23.3. The average Bonchev–Trinajstić information content (AvgIpc) is 2.85. The zero-order valence-electron chi connectivity index (χ0n) is 18.9. The van der Waals surface area contributed by atoms with E-state index in [4.69, 9.17) is 9.47 Å². The molecular formula is C29H28NO3+. The van der Waals surface area contributed by atoms with Gasteiger partial charge in [-0.15, -0.1) is 0 Å². The van der Waals surface area contributed by atoms with Crippen LogP contribution in [0.5, 0.6) is 0 Å². The number of rotatable bonds is 9. The summed E-state index contributed by atoms with van der Waals surface area (Å²) in [5.41, 5.74) is 1.82. The van der Waals surface area contributed by atoms with E-state index in [1.165, 1.54) is 37.9 Å². The predicted molar refractivity (Wildman–Crippen MR) is 132 cm³/mol.